The van der Waals surface area contributed by atoms with Gasteiger partial charge in [-0.1, -0.05) is 29.5 Å². The number of fused-ring (bicyclic) bond motifs is 1. The Kier molecular flexibility index (Phi) is 4.61. The Bertz CT molecular complexity index is 1240. The van der Waals surface area contributed by atoms with E-state index in [0.29, 0.717) is 20.8 Å². The molecule has 28 heavy (non-hydrogen) atoms. The third-order valence-electron chi connectivity index (χ3n) is 4.62. The fraction of sp³-hybridized carbons (Fsp3) is 0.143. The lowest BCUT2D eigenvalue weighted by atomic mass is 10.0. The highest BCUT2D eigenvalue weighted by molar-refractivity contribution is 7.15. The molecule has 0 atom stereocenters. The minimum atomic E-state index is -0.430. The standard InChI is InChI=1S/C21H18ClN3O2S/c1-11-23-10-18(28-11)19-20(26)15-8-14(16(22)9-17(15)24-21(19)27)12-4-6-13(7-5-12)25(2)3/h4-10H,1-3H3,(H2,24,26,27)/p-1. The zero-order valence-corrected chi connectivity index (χ0v) is 17.1. The number of rotatable bonds is 3. The fourth-order valence-electron chi connectivity index (χ4n) is 3.15. The van der Waals surface area contributed by atoms with E-state index in [1.807, 2.05) is 50.2 Å². The van der Waals surface area contributed by atoms with Crippen LogP contribution in [0, 0.1) is 6.92 Å². The maximum Gasteiger partial charge on any atom is 0.256 e. The van der Waals surface area contributed by atoms with Gasteiger partial charge in [-0.2, -0.15) is 0 Å². The van der Waals surface area contributed by atoms with Crippen LogP contribution in [0.4, 0.5) is 5.69 Å². The topological polar surface area (TPSA) is 72.1 Å². The molecule has 2 heterocycles. The molecular weight excluding hydrogens is 394 g/mol. The summed E-state index contributed by atoms with van der Waals surface area (Å²) < 4.78 is 0. The van der Waals surface area contributed by atoms with Crippen LogP contribution in [0.5, 0.6) is 5.75 Å². The second-order valence-corrected chi connectivity index (χ2v) is 8.36. The van der Waals surface area contributed by atoms with Gasteiger partial charge in [-0.25, -0.2) is 4.98 Å². The maximum absolute atomic E-state index is 13.1. The van der Waals surface area contributed by atoms with Crippen LogP contribution >= 0.6 is 22.9 Å². The predicted octanol–water partition coefficient (Wildman–Crippen LogP) is 4.42. The first kappa shape index (κ1) is 18.5. The number of thiazole rings is 1. The molecule has 0 radical (unpaired) electrons. The molecule has 2 aromatic heterocycles. The highest BCUT2D eigenvalue weighted by atomic mass is 35.5. The summed E-state index contributed by atoms with van der Waals surface area (Å²) in [5.74, 6) is -0.315. The van der Waals surface area contributed by atoms with Crippen LogP contribution < -0.4 is 15.6 Å². The molecule has 0 unspecified atom stereocenters. The lowest BCUT2D eigenvalue weighted by molar-refractivity contribution is -0.264. The van der Waals surface area contributed by atoms with E-state index in [2.05, 4.69) is 9.97 Å². The summed E-state index contributed by atoms with van der Waals surface area (Å²) in [6, 6.07) is 11.3. The summed E-state index contributed by atoms with van der Waals surface area (Å²) in [4.78, 5) is 22.0. The van der Waals surface area contributed by atoms with Crippen molar-refractivity contribution in [3.05, 3.63) is 63.0 Å². The van der Waals surface area contributed by atoms with Gasteiger partial charge in [0.25, 0.3) is 5.56 Å². The fourth-order valence-corrected chi connectivity index (χ4v) is 4.24. The highest BCUT2D eigenvalue weighted by Crippen LogP contribution is 2.38. The molecule has 4 aromatic rings. The van der Waals surface area contributed by atoms with Gasteiger partial charge >= 0.3 is 0 Å². The first-order valence-corrected chi connectivity index (χ1v) is 9.81. The molecule has 5 nitrogen and oxygen atoms in total. The van der Waals surface area contributed by atoms with Crippen LogP contribution in [0.25, 0.3) is 32.5 Å². The molecule has 142 valence electrons. The zero-order chi connectivity index (χ0) is 20.0. The van der Waals surface area contributed by atoms with Crippen LogP contribution in [0.3, 0.4) is 0 Å². The lowest BCUT2D eigenvalue weighted by Gasteiger charge is -2.17. The van der Waals surface area contributed by atoms with Gasteiger partial charge in [0, 0.05) is 37.1 Å². The minimum Gasteiger partial charge on any atom is -0.871 e. The normalized spacial score (nSPS) is 11.1. The van der Waals surface area contributed by atoms with E-state index >= 15 is 0 Å². The number of H-pyrrole nitrogens is 1. The third-order valence-corrected chi connectivity index (χ3v) is 5.86. The van der Waals surface area contributed by atoms with E-state index in [-0.39, 0.29) is 11.3 Å². The quantitative estimate of drug-likeness (QED) is 0.542. The largest absolute Gasteiger partial charge is 0.871 e. The average Bonchev–Trinajstić information content (AvgIpc) is 3.07. The number of benzene rings is 2. The molecule has 0 amide bonds. The van der Waals surface area contributed by atoms with E-state index in [0.717, 1.165) is 21.8 Å². The monoisotopic (exact) mass is 410 g/mol. The van der Waals surface area contributed by atoms with Gasteiger partial charge in [0.2, 0.25) is 0 Å². The van der Waals surface area contributed by atoms with Gasteiger partial charge in [0.05, 0.1) is 20.5 Å². The van der Waals surface area contributed by atoms with Crippen LogP contribution in [-0.2, 0) is 0 Å². The Morgan fingerprint density at radius 3 is 2.50 bits per heavy atom. The number of pyridine rings is 1. The number of halogens is 1. The van der Waals surface area contributed by atoms with Gasteiger partial charge in [-0.05, 0) is 42.1 Å². The maximum atomic E-state index is 13.1. The number of anilines is 1. The SMILES string of the molecule is Cc1ncc(-c2c([O-])c3cc(-c4ccc(N(C)C)cc4)c(Cl)cc3[nH]c2=O)s1. The van der Waals surface area contributed by atoms with Gasteiger partial charge in [0.1, 0.15) is 0 Å². The Labute approximate surface area is 170 Å². The first-order chi connectivity index (χ1) is 13.3. The molecule has 0 fully saturated rings. The van der Waals surface area contributed by atoms with Crippen molar-refractivity contribution in [1.82, 2.24) is 9.97 Å². The van der Waals surface area contributed by atoms with Crippen molar-refractivity contribution in [1.29, 1.82) is 0 Å². The van der Waals surface area contributed by atoms with Crippen molar-refractivity contribution < 1.29 is 5.11 Å². The van der Waals surface area contributed by atoms with Crippen molar-refractivity contribution >= 4 is 39.5 Å². The van der Waals surface area contributed by atoms with Crippen LogP contribution in [-0.4, -0.2) is 24.1 Å². The molecular formula is C21H17ClN3O2S-. The van der Waals surface area contributed by atoms with Crippen LogP contribution in [0.1, 0.15) is 5.01 Å². The number of aromatic amines is 1. The molecule has 0 saturated heterocycles. The summed E-state index contributed by atoms with van der Waals surface area (Å²) in [6.45, 7) is 1.84. The summed E-state index contributed by atoms with van der Waals surface area (Å²) in [5, 5.41) is 14.8. The Balaban J connectivity index is 1.92. The van der Waals surface area contributed by atoms with E-state index in [9.17, 15) is 9.90 Å². The smallest absolute Gasteiger partial charge is 0.256 e. The van der Waals surface area contributed by atoms with Crippen LogP contribution in [0.15, 0.2) is 47.4 Å². The molecule has 0 aliphatic rings. The number of nitrogens with one attached hydrogen (secondary N) is 1. The zero-order valence-electron chi connectivity index (χ0n) is 15.5. The third kappa shape index (κ3) is 3.15. The van der Waals surface area contributed by atoms with E-state index in [1.54, 1.807) is 18.3 Å². The molecule has 0 bridgehead atoms. The summed E-state index contributed by atoms with van der Waals surface area (Å²) in [5.41, 5.74) is 2.83. The predicted molar refractivity (Wildman–Crippen MR) is 115 cm³/mol. The molecule has 2 aromatic carbocycles. The lowest BCUT2D eigenvalue weighted by Crippen LogP contribution is -2.12. The van der Waals surface area contributed by atoms with Crippen molar-refractivity contribution in [2.24, 2.45) is 0 Å². The van der Waals surface area contributed by atoms with Crippen LogP contribution in [0.2, 0.25) is 5.02 Å². The Hall–Kier alpha value is -2.83. The van der Waals surface area contributed by atoms with E-state index in [4.69, 9.17) is 11.6 Å². The average molecular weight is 411 g/mol. The number of aromatic nitrogens is 2. The minimum absolute atomic E-state index is 0.120. The number of hydrogen-bond donors (Lipinski definition) is 1. The van der Waals surface area contributed by atoms with E-state index in [1.165, 1.54) is 11.3 Å². The molecule has 0 aliphatic carbocycles. The molecule has 0 spiro atoms. The second kappa shape index (κ2) is 6.96. The summed E-state index contributed by atoms with van der Waals surface area (Å²) in [6.07, 6.45) is 1.56. The Morgan fingerprint density at radius 1 is 1.18 bits per heavy atom. The highest BCUT2D eigenvalue weighted by Gasteiger charge is 2.14. The Morgan fingerprint density at radius 2 is 1.89 bits per heavy atom. The molecule has 0 aliphatic heterocycles. The molecule has 4 rings (SSSR count). The molecule has 7 heteroatoms. The van der Waals surface area contributed by atoms with Crippen molar-refractivity contribution in [3.8, 4) is 27.3 Å². The number of hydrogen-bond acceptors (Lipinski definition) is 5. The second-order valence-electron chi connectivity index (χ2n) is 6.72. The summed E-state index contributed by atoms with van der Waals surface area (Å²) in [7, 11) is 3.95. The van der Waals surface area contributed by atoms with Crippen molar-refractivity contribution in [3.63, 3.8) is 0 Å². The number of nitrogens with zero attached hydrogens (tertiary/aromatic N) is 2. The molecule has 1 N–H and O–H groups in total. The van der Waals surface area contributed by atoms with Crippen molar-refractivity contribution in [2.45, 2.75) is 6.92 Å². The summed E-state index contributed by atoms with van der Waals surface area (Å²) >= 11 is 7.79. The van der Waals surface area contributed by atoms with Gasteiger partial charge in [-0.3, -0.25) is 4.79 Å². The molecule has 0 saturated carbocycles. The van der Waals surface area contributed by atoms with E-state index < -0.39 is 5.56 Å². The van der Waals surface area contributed by atoms with Gasteiger partial charge in [0.15, 0.2) is 0 Å². The van der Waals surface area contributed by atoms with Gasteiger partial charge in [-0.15, -0.1) is 11.3 Å². The van der Waals surface area contributed by atoms with Crippen molar-refractivity contribution in [2.75, 3.05) is 19.0 Å². The number of aryl methyl sites for hydroxylation is 1. The first-order valence-electron chi connectivity index (χ1n) is 8.62. The van der Waals surface area contributed by atoms with Gasteiger partial charge < -0.3 is 15.0 Å².